The van der Waals surface area contributed by atoms with E-state index in [2.05, 4.69) is 5.16 Å². The number of anilines is 1. The van der Waals surface area contributed by atoms with Gasteiger partial charge in [-0.25, -0.2) is 0 Å². The number of nitrogens with zero attached hydrogens (tertiary/aromatic N) is 1. The summed E-state index contributed by atoms with van der Waals surface area (Å²) in [5, 5.41) is 4.83. The van der Waals surface area contributed by atoms with Crippen LogP contribution >= 0.6 is 0 Å². The fraction of sp³-hybridized carbons (Fsp3) is 0.300. The molecule has 0 unspecified atom stereocenters. The maximum atomic E-state index is 5.55. The van der Waals surface area contributed by atoms with Crippen LogP contribution in [0.1, 0.15) is 19.5 Å². The van der Waals surface area contributed by atoms with E-state index in [-0.39, 0.29) is 0 Å². The first-order valence-electron chi connectivity index (χ1n) is 4.39. The van der Waals surface area contributed by atoms with Crippen molar-refractivity contribution in [3.8, 4) is 0 Å². The van der Waals surface area contributed by atoms with Gasteiger partial charge in [0.2, 0.25) is 0 Å². The normalized spacial score (nSPS) is 9.46. The highest BCUT2D eigenvalue weighted by molar-refractivity contribution is 5.81. The van der Waals surface area contributed by atoms with Crippen LogP contribution in [0.2, 0.25) is 0 Å². The number of hydrogen-bond donors (Lipinski definition) is 1. The van der Waals surface area contributed by atoms with Crippen molar-refractivity contribution in [3.63, 3.8) is 0 Å². The number of aryl methyl sites for hydroxylation is 1. The average molecular weight is 178 g/mol. The summed E-state index contributed by atoms with van der Waals surface area (Å²) in [6, 6.07) is 5.53. The fourth-order valence-electron chi connectivity index (χ4n) is 1.08. The minimum Gasteiger partial charge on any atom is -0.399 e. The molecule has 0 aliphatic rings. The zero-order valence-electron chi connectivity index (χ0n) is 8.16. The molecule has 3 heteroatoms. The van der Waals surface area contributed by atoms with Crippen molar-refractivity contribution >= 4 is 16.7 Å². The first-order chi connectivity index (χ1) is 6.27. The van der Waals surface area contributed by atoms with E-state index >= 15 is 0 Å². The zero-order chi connectivity index (χ0) is 9.84. The molecule has 2 rings (SSSR count). The quantitative estimate of drug-likeness (QED) is 0.631. The van der Waals surface area contributed by atoms with Crippen LogP contribution in [-0.2, 0) is 0 Å². The van der Waals surface area contributed by atoms with Crippen LogP contribution in [0.4, 0.5) is 5.69 Å². The molecule has 0 aliphatic carbocycles. The van der Waals surface area contributed by atoms with Gasteiger partial charge in [-0.2, -0.15) is 0 Å². The molecule has 0 amide bonds. The number of aromatic nitrogens is 1. The van der Waals surface area contributed by atoms with Gasteiger partial charge in [0, 0.05) is 17.1 Å². The first kappa shape index (κ1) is 9.58. The minimum absolute atomic E-state index is 0.702. The van der Waals surface area contributed by atoms with Crippen LogP contribution in [0.5, 0.6) is 0 Å². The van der Waals surface area contributed by atoms with Crippen LogP contribution in [0, 0.1) is 6.92 Å². The highest BCUT2D eigenvalue weighted by Gasteiger charge is 2.02. The Morgan fingerprint density at radius 2 is 2.00 bits per heavy atom. The number of nitrogens with two attached hydrogens (primary N) is 1. The Hall–Kier alpha value is -1.51. The van der Waals surface area contributed by atoms with Crippen LogP contribution in [-0.4, -0.2) is 5.16 Å². The van der Waals surface area contributed by atoms with Crippen LogP contribution in [0.15, 0.2) is 22.7 Å². The van der Waals surface area contributed by atoms with E-state index < -0.39 is 0 Å². The van der Waals surface area contributed by atoms with E-state index in [0.717, 1.165) is 16.7 Å². The van der Waals surface area contributed by atoms with E-state index in [1.54, 1.807) is 6.07 Å². The molecule has 0 atom stereocenters. The second-order valence-electron chi connectivity index (χ2n) is 2.52. The molecule has 0 aliphatic heterocycles. The van der Waals surface area contributed by atoms with Crippen molar-refractivity contribution in [1.29, 1.82) is 0 Å². The molecule has 70 valence electrons. The molecule has 0 fully saturated rings. The number of rotatable bonds is 0. The Morgan fingerprint density at radius 3 is 2.69 bits per heavy atom. The summed E-state index contributed by atoms with van der Waals surface area (Å²) in [7, 11) is 0. The molecule has 1 aromatic heterocycles. The number of fused-ring (bicyclic) bond motifs is 1. The van der Waals surface area contributed by atoms with Crippen LogP contribution in [0.25, 0.3) is 11.0 Å². The summed E-state index contributed by atoms with van der Waals surface area (Å²) in [4.78, 5) is 0. The van der Waals surface area contributed by atoms with Gasteiger partial charge in [-0.1, -0.05) is 19.0 Å². The van der Waals surface area contributed by atoms with Gasteiger partial charge in [-0.05, 0) is 19.1 Å². The lowest BCUT2D eigenvalue weighted by Gasteiger charge is -1.89. The van der Waals surface area contributed by atoms with Gasteiger partial charge in [0.15, 0.2) is 5.58 Å². The molecular weight excluding hydrogens is 164 g/mol. The number of nitrogen functional groups attached to an aromatic ring is 1. The van der Waals surface area contributed by atoms with E-state index in [1.165, 1.54) is 0 Å². The van der Waals surface area contributed by atoms with Crippen molar-refractivity contribution in [2.24, 2.45) is 0 Å². The average Bonchev–Trinajstić information content (AvgIpc) is 2.51. The van der Waals surface area contributed by atoms with Gasteiger partial charge in [-0.15, -0.1) is 0 Å². The molecule has 0 spiro atoms. The van der Waals surface area contributed by atoms with Gasteiger partial charge < -0.3 is 10.3 Å². The lowest BCUT2D eigenvalue weighted by molar-refractivity contribution is 0.450. The predicted molar refractivity (Wildman–Crippen MR) is 54.5 cm³/mol. The summed E-state index contributed by atoms with van der Waals surface area (Å²) in [5.74, 6) is 0. The third-order valence-electron chi connectivity index (χ3n) is 1.68. The Labute approximate surface area is 77.5 Å². The van der Waals surface area contributed by atoms with Crippen molar-refractivity contribution in [3.05, 3.63) is 23.9 Å². The van der Waals surface area contributed by atoms with Crippen molar-refractivity contribution in [2.75, 3.05) is 5.73 Å². The van der Waals surface area contributed by atoms with E-state index in [4.69, 9.17) is 10.3 Å². The lowest BCUT2D eigenvalue weighted by atomic mass is 10.2. The molecule has 0 saturated carbocycles. The molecule has 2 aromatic rings. The number of benzene rings is 1. The second kappa shape index (κ2) is 3.94. The minimum atomic E-state index is 0.702. The Bertz CT molecular complexity index is 393. The zero-order valence-corrected chi connectivity index (χ0v) is 8.16. The molecule has 3 nitrogen and oxygen atoms in total. The number of hydrogen-bond acceptors (Lipinski definition) is 3. The smallest absolute Gasteiger partial charge is 0.169 e. The summed E-state index contributed by atoms with van der Waals surface area (Å²) < 4.78 is 5.00. The third-order valence-corrected chi connectivity index (χ3v) is 1.68. The van der Waals surface area contributed by atoms with Crippen molar-refractivity contribution in [2.45, 2.75) is 20.8 Å². The van der Waals surface area contributed by atoms with Gasteiger partial charge in [0.1, 0.15) is 0 Å². The Kier molecular flexibility index (Phi) is 2.90. The summed E-state index contributed by atoms with van der Waals surface area (Å²) >= 11 is 0. The summed E-state index contributed by atoms with van der Waals surface area (Å²) in [6.07, 6.45) is 0. The van der Waals surface area contributed by atoms with Gasteiger partial charge in [0.05, 0.1) is 5.69 Å². The highest BCUT2D eigenvalue weighted by atomic mass is 16.5. The molecular formula is C10H14N2O. The molecule has 0 saturated heterocycles. The Morgan fingerprint density at radius 1 is 1.31 bits per heavy atom. The van der Waals surface area contributed by atoms with Crippen LogP contribution in [0.3, 0.4) is 0 Å². The van der Waals surface area contributed by atoms with Gasteiger partial charge in [0.25, 0.3) is 0 Å². The third kappa shape index (κ3) is 1.80. The van der Waals surface area contributed by atoms with Gasteiger partial charge in [-0.3, -0.25) is 0 Å². The molecule has 0 bridgehead atoms. The molecule has 1 aromatic carbocycles. The first-order valence-corrected chi connectivity index (χ1v) is 4.39. The van der Waals surface area contributed by atoms with Gasteiger partial charge >= 0.3 is 0 Å². The highest BCUT2D eigenvalue weighted by Crippen LogP contribution is 2.19. The summed E-state index contributed by atoms with van der Waals surface area (Å²) in [5.41, 5.74) is 7.90. The molecule has 0 radical (unpaired) electrons. The van der Waals surface area contributed by atoms with Crippen molar-refractivity contribution in [1.82, 2.24) is 5.16 Å². The maximum Gasteiger partial charge on any atom is 0.169 e. The topological polar surface area (TPSA) is 52.0 Å². The van der Waals surface area contributed by atoms with Crippen molar-refractivity contribution < 1.29 is 4.52 Å². The van der Waals surface area contributed by atoms with E-state index in [9.17, 15) is 0 Å². The Balaban J connectivity index is 0.000000396. The van der Waals surface area contributed by atoms with Crippen LogP contribution < -0.4 is 5.73 Å². The maximum absolute atomic E-state index is 5.55. The second-order valence-corrected chi connectivity index (χ2v) is 2.52. The summed E-state index contributed by atoms with van der Waals surface area (Å²) in [6.45, 7) is 5.90. The SMILES string of the molecule is CC.Cc1noc2cc(N)ccc12. The fourth-order valence-corrected chi connectivity index (χ4v) is 1.08. The molecule has 2 N–H and O–H groups in total. The monoisotopic (exact) mass is 178 g/mol. The molecule has 1 heterocycles. The van der Waals surface area contributed by atoms with E-state index in [0.29, 0.717) is 5.69 Å². The van der Waals surface area contributed by atoms with E-state index in [1.807, 2.05) is 32.9 Å². The predicted octanol–water partition coefficient (Wildman–Crippen LogP) is 2.74. The standard InChI is InChI=1S/C8H8N2O.C2H6/c1-5-7-3-2-6(9)4-8(7)11-10-5;1-2/h2-4H,9H2,1H3;1-2H3. The largest absolute Gasteiger partial charge is 0.399 e. The molecule has 13 heavy (non-hydrogen) atoms. The lowest BCUT2D eigenvalue weighted by Crippen LogP contribution is -1.81.